The second-order valence-corrected chi connectivity index (χ2v) is 12.7. The van der Waals surface area contributed by atoms with Gasteiger partial charge >= 0.3 is 6.03 Å². The minimum Gasteiger partial charge on any atom is -0.457 e. The molecule has 0 aliphatic heterocycles. The molecule has 0 spiro atoms. The predicted molar refractivity (Wildman–Crippen MR) is 170 cm³/mol. The minimum atomic E-state index is -0.391. The number of ether oxygens (including phenoxy) is 1. The van der Waals surface area contributed by atoms with Crippen molar-refractivity contribution < 1.29 is 14.3 Å². The number of benzene rings is 2. The summed E-state index contributed by atoms with van der Waals surface area (Å²) in [5.41, 5.74) is 1.90. The van der Waals surface area contributed by atoms with Gasteiger partial charge in [0.2, 0.25) is 5.91 Å². The third kappa shape index (κ3) is 8.36. The van der Waals surface area contributed by atoms with Crippen LogP contribution in [0.25, 0.3) is 5.69 Å². The second-order valence-electron chi connectivity index (χ2n) is 11.8. The van der Waals surface area contributed by atoms with Gasteiger partial charge in [0, 0.05) is 28.6 Å². The Morgan fingerprint density at radius 3 is 2.26 bits per heavy atom. The molecule has 0 atom stereocenters. The van der Waals surface area contributed by atoms with E-state index in [1.54, 1.807) is 41.6 Å². The lowest BCUT2D eigenvalue weighted by molar-refractivity contribution is -0.114. The highest BCUT2D eigenvalue weighted by Crippen LogP contribution is 2.33. The molecule has 4 rings (SSSR count). The van der Waals surface area contributed by atoms with Crippen molar-refractivity contribution in [3.8, 4) is 17.2 Å². The average molecular weight is 586 g/mol. The molecule has 219 valence electrons. The molecule has 0 aliphatic rings. The van der Waals surface area contributed by atoms with Crippen LogP contribution >= 0.6 is 11.8 Å². The molecule has 2 aromatic heterocycles. The smallest absolute Gasteiger partial charge is 0.324 e. The maximum atomic E-state index is 13.1. The maximum Gasteiger partial charge on any atom is 0.324 e. The number of pyridine rings is 1. The maximum absolute atomic E-state index is 13.1. The van der Waals surface area contributed by atoms with Crippen LogP contribution in [0, 0.1) is 11.8 Å². The Balaban J connectivity index is 1.47. The third-order valence-electron chi connectivity index (χ3n) is 5.92. The van der Waals surface area contributed by atoms with Gasteiger partial charge in [0.15, 0.2) is 0 Å². The van der Waals surface area contributed by atoms with E-state index in [4.69, 9.17) is 9.84 Å². The number of urea groups is 1. The minimum absolute atomic E-state index is 0.194. The van der Waals surface area contributed by atoms with E-state index < -0.39 is 6.03 Å². The molecular weight excluding hydrogens is 548 g/mol. The molecule has 0 bridgehead atoms. The molecule has 42 heavy (non-hydrogen) atoms. The molecule has 3 N–H and O–H groups in total. The average Bonchev–Trinajstić information content (AvgIpc) is 3.33. The van der Waals surface area contributed by atoms with Crippen molar-refractivity contribution in [2.24, 2.45) is 5.41 Å². The number of nitrogens with zero attached hydrogens (tertiary/aromatic N) is 3. The van der Waals surface area contributed by atoms with E-state index in [1.165, 1.54) is 11.8 Å². The quantitative estimate of drug-likeness (QED) is 0.181. The van der Waals surface area contributed by atoms with Gasteiger partial charge in [-0.3, -0.25) is 10.1 Å². The van der Waals surface area contributed by atoms with Crippen LogP contribution in [0.15, 0.2) is 77.8 Å². The normalized spacial score (nSPS) is 11.6. The van der Waals surface area contributed by atoms with Crippen molar-refractivity contribution >= 4 is 41.0 Å². The summed E-state index contributed by atoms with van der Waals surface area (Å²) in [7, 11) is 0. The molecular formula is C32H37N6O3S. The second kappa shape index (κ2) is 12.7. The highest BCUT2D eigenvalue weighted by Gasteiger charge is 2.22. The first-order valence-corrected chi connectivity index (χ1v) is 14.8. The zero-order valence-electron chi connectivity index (χ0n) is 25.0. The molecule has 0 saturated carbocycles. The summed E-state index contributed by atoms with van der Waals surface area (Å²) >= 11 is 1.48. The van der Waals surface area contributed by atoms with Crippen LogP contribution in [0.4, 0.5) is 22.1 Å². The van der Waals surface area contributed by atoms with Crippen LogP contribution in [-0.4, -0.2) is 33.0 Å². The number of para-hydroxylation sites is 1. The standard InChI is InChI=1S/C32H37N6O3S/c1-31(2,3)20-29(39)35-27-18-23(15-16-33-27)41-22-13-14-24(25(17-22)42-7)34-30(40)36-28-19-26(32(4,5)6)37-38(28)21-11-9-8-10-12-21/h8-20H,1-7H3,(H,33,35,39)(H2,34,36,40). The summed E-state index contributed by atoms with van der Waals surface area (Å²) in [6.07, 6.45) is 5.10. The fourth-order valence-corrected chi connectivity index (χ4v) is 4.52. The first-order valence-electron chi connectivity index (χ1n) is 13.5. The van der Waals surface area contributed by atoms with Crippen molar-refractivity contribution in [2.45, 2.75) is 51.9 Å². The van der Waals surface area contributed by atoms with Crippen LogP contribution in [0.5, 0.6) is 11.5 Å². The number of nitrogens with one attached hydrogen (secondary N) is 3. The number of aromatic nitrogens is 3. The predicted octanol–water partition coefficient (Wildman–Crippen LogP) is 7.91. The highest BCUT2D eigenvalue weighted by molar-refractivity contribution is 7.98. The fraction of sp³-hybridized carbons (Fsp3) is 0.281. The van der Waals surface area contributed by atoms with Crippen LogP contribution in [-0.2, 0) is 10.2 Å². The number of hydrogen-bond donors (Lipinski definition) is 3. The first kappa shape index (κ1) is 30.6. The number of hydrogen-bond acceptors (Lipinski definition) is 6. The van der Waals surface area contributed by atoms with Gasteiger partial charge < -0.3 is 15.4 Å². The van der Waals surface area contributed by atoms with Gasteiger partial charge in [-0.1, -0.05) is 59.7 Å². The van der Waals surface area contributed by atoms with Crippen LogP contribution in [0.2, 0.25) is 0 Å². The van der Waals surface area contributed by atoms with Crippen LogP contribution in [0.1, 0.15) is 47.2 Å². The fourth-order valence-electron chi connectivity index (χ4n) is 3.95. The van der Waals surface area contributed by atoms with Gasteiger partial charge in [0.1, 0.15) is 23.1 Å². The van der Waals surface area contributed by atoms with Gasteiger partial charge in [0.05, 0.1) is 23.5 Å². The van der Waals surface area contributed by atoms with Crippen molar-refractivity contribution in [3.05, 3.63) is 85.0 Å². The largest absolute Gasteiger partial charge is 0.457 e. The van der Waals surface area contributed by atoms with Crippen molar-refractivity contribution in [3.63, 3.8) is 0 Å². The number of carbonyl (C=O) groups is 2. The lowest BCUT2D eigenvalue weighted by Gasteiger charge is -2.16. The molecule has 1 radical (unpaired) electrons. The summed E-state index contributed by atoms with van der Waals surface area (Å²) in [6, 6.07) is 20.0. The van der Waals surface area contributed by atoms with Gasteiger partial charge in [-0.15, -0.1) is 11.8 Å². The number of amides is 3. The Morgan fingerprint density at radius 1 is 0.881 bits per heavy atom. The number of anilines is 3. The number of rotatable bonds is 8. The molecule has 2 heterocycles. The van der Waals surface area contributed by atoms with Crippen molar-refractivity contribution in [2.75, 3.05) is 22.2 Å². The van der Waals surface area contributed by atoms with Crippen LogP contribution in [0.3, 0.4) is 0 Å². The van der Waals surface area contributed by atoms with E-state index in [2.05, 4.69) is 41.7 Å². The molecule has 3 amide bonds. The lowest BCUT2D eigenvalue weighted by atomic mass is 9.92. The lowest BCUT2D eigenvalue weighted by Crippen LogP contribution is -2.21. The van der Waals surface area contributed by atoms with E-state index >= 15 is 0 Å². The molecule has 2 aromatic carbocycles. The Labute approximate surface area is 251 Å². The number of carbonyl (C=O) groups excluding carboxylic acids is 2. The van der Waals surface area contributed by atoms with E-state index in [9.17, 15) is 9.59 Å². The molecule has 4 aromatic rings. The Kier molecular flexibility index (Phi) is 9.26. The van der Waals surface area contributed by atoms with E-state index in [-0.39, 0.29) is 16.7 Å². The Morgan fingerprint density at radius 2 is 1.60 bits per heavy atom. The number of thioether (sulfide) groups is 1. The summed E-state index contributed by atoms with van der Waals surface area (Å²) in [6.45, 7) is 12.1. The Bertz CT molecular complexity index is 1550. The molecule has 9 nitrogen and oxygen atoms in total. The molecule has 0 unspecified atom stereocenters. The molecule has 0 fully saturated rings. The van der Waals surface area contributed by atoms with Crippen molar-refractivity contribution in [1.29, 1.82) is 0 Å². The van der Waals surface area contributed by atoms with E-state index in [0.29, 0.717) is 28.8 Å². The summed E-state index contributed by atoms with van der Waals surface area (Å²) in [5, 5.41) is 13.4. The van der Waals surface area contributed by atoms with Gasteiger partial charge in [-0.05, 0) is 48.1 Å². The zero-order valence-corrected chi connectivity index (χ0v) is 25.8. The summed E-state index contributed by atoms with van der Waals surface area (Å²) in [5.74, 6) is 1.82. The summed E-state index contributed by atoms with van der Waals surface area (Å²) in [4.78, 5) is 30.4. The molecule has 0 aliphatic carbocycles. The van der Waals surface area contributed by atoms with Gasteiger partial charge in [-0.2, -0.15) is 5.10 Å². The van der Waals surface area contributed by atoms with E-state index in [1.807, 2.05) is 69.5 Å². The topological polar surface area (TPSA) is 110 Å². The zero-order chi connectivity index (χ0) is 30.5. The van der Waals surface area contributed by atoms with Gasteiger partial charge in [0.25, 0.3) is 0 Å². The van der Waals surface area contributed by atoms with Crippen molar-refractivity contribution in [1.82, 2.24) is 14.8 Å². The summed E-state index contributed by atoms with van der Waals surface area (Å²) < 4.78 is 7.78. The van der Waals surface area contributed by atoms with E-state index in [0.717, 1.165) is 16.3 Å². The highest BCUT2D eigenvalue weighted by atomic mass is 32.2. The Hall–Kier alpha value is -4.31. The SMILES string of the molecule is CSc1cc(Oc2ccnc(NC(=O)[CH]C(C)(C)C)c2)ccc1NC(=O)Nc1cc(C(C)(C)C)nn1-c1ccccc1. The monoisotopic (exact) mass is 585 g/mol. The molecule has 10 heteroatoms. The third-order valence-corrected chi connectivity index (χ3v) is 6.70. The molecule has 0 saturated heterocycles. The first-order chi connectivity index (χ1) is 19.8. The van der Waals surface area contributed by atoms with Crippen LogP contribution < -0.4 is 20.7 Å². The van der Waals surface area contributed by atoms with Gasteiger partial charge in [-0.25, -0.2) is 14.5 Å².